The lowest BCUT2D eigenvalue weighted by Crippen LogP contribution is -2.59. The molecule has 2 saturated heterocycles. The largest absolute Gasteiger partial charge is 0.461 e. The van der Waals surface area contributed by atoms with E-state index < -0.39 is 6.04 Å². The number of anilines is 2. The maximum Gasteiger partial charge on any atom is 0.259 e. The average Bonchev–Trinajstić information content (AvgIpc) is 3.69. The molecule has 5 heterocycles. The third kappa shape index (κ3) is 4.13. The summed E-state index contributed by atoms with van der Waals surface area (Å²) in [6.45, 7) is 4.06. The van der Waals surface area contributed by atoms with Crippen LogP contribution in [0.4, 0.5) is 11.9 Å². The molecule has 3 aromatic heterocycles. The Morgan fingerprint density at radius 2 is 1.86 bits per heavy atom. The minimum atomic E-state index is -0.409. The zero-order valence-electron chi connectivity index (χ0n) is 20.4. The van der Waals surface area contributed by atoms with Crippen LogP contribution in [-0.4, -0.2) is 84.4 Å². The first-order valence-corrected chi connectivity index (χ1v) is 12.3. The molecule has 6 rings (SSSR count). The van der Waals surface area contributed by atoms with Crippen molar-refractivity contribution in [1.29, 1.82) is 0 Å². The zero-order chi connectivity index (χ0) is 25.5. The molecule has 37 heavy (non-hydrogen) atoms. The number of carbonyl (C=O) groups is 2. The molecule has 0 spiro atoms. The fourth-order valence-electron chi connectivity index (χ4n) is 5.12. The van der Waals surface area contributed by atoms with Gasteiger partial charge in [0.15, 0.2) is 5.76 Å². The van der Waals surface area contributed by atoms with Gasteiger partial charge in [-0.15, -0.1) is 5.10 Å². The van der Waals surface area contributed by atoms with E-state index in [-0.39, 0.29) is 29.6 Å². The number of aromatic nitrogens is 5. The second kappa shape index (κ2) is 9.19. The van der Waals surface area contributed by atoms with Crippen LogP contribution in [0, 0.1) is 0 Å². The highest BCUT2D eigenvalue weighted by atomic mass is 16.3. The standard InChI is InChI=1S/C25H27N9O3/c1-16-15-31(21(35)17-7-3-2-4-8-17)12-13-32(16)22(36)18-9-5-11-33(18)24-28-23(26)34-25(29-24)27-20(30-34)19-10-6-14-37-19/h2-4,6-8,10,14,16,18H,5,9,11-13,15H2,1H3,(H2,26,27,28,29,30)/t16-,18+/m1/s1. The van der Waals surface area contributed by atoms with Gasteiger partial charge < -0.3 is 24.9 Å². The van der Waals surface area contributed by atoms with Crippen molar-refractivity contribution in [2.24, 2.45) is 0 Å². The highest BCUT2D eigenvalue weighted by Gasteiger charge is 2.39. The lowest BCUT2D eigenvalue weighted by atomic mass is 10.1. The minimum absolute atomic E-state index is 0.0107. The molecule has 2 N–H and O–H groups in total. The second-order valence-electron chi connectivity index (χ2n) is 9.36. The first-order valence-electron chi connectivity index (χ1n) is 12.3. The average molecular weight is 502 g/mol. The van der Waals surface area contributed by atoms with Gasteiger partial charge in [0.25, 0.3) is 11.7 Å². The van der Waals surface area contributed by atoms with Gasteiger partial charge in [0.2, 0.25) is 23.6 Å². The van der Waals surface area contributed by atoms with E-state index in [1.807, 2.05) is 52.0 Å². The van der Waals surface area contributed by atoms with E-state index in [1.165, 1.54) is 4.52 Å². The molecule has 2 atom stereocenters. The van der Waals surface area contributed by atoms with E-state index in [0.29, 0.717) is 55.7 Å². The van der Waals surface area contributed by atoms with Gasteiger partial charge in [-0.25, -0.2) is 0 Å². The molecule has 2 aliphatic heterocycles. The van der Waals surface area contributed by atoms with E-state index in [1.54, 1.807) is 18.4 Å². The van der Waals surface area contributed by atoms with E-state index >= 15 is 0 Å². The van der Waals surface area contributed by atoms with Crippen LogP contribution in [0.3, 0.4) is 0 Å². The number of hydrogen-bond acceptors (Lipinski definition) is 9. The van der Waals surface area contributed by atoms with Crippen LogP contribution in [-0.2, 0) is 4.79 Å². The summed E-state index contributed by atoms with van der Waals surface area (Å²) in [4.78, 5) is 45.6. The van der Waals surface area contributed by atoms with Crippen LogP contribution in [0.1, 0.15) is 30.1 Å². The number of benzene rings is 1. The zero-order valence-corrected chi connectivity index (χ0v) is 20.4. The lowest BCUT2D eigenvalue weighted by molar-refractivity contribution is -0.136. The van der Waals surface area contributed by atoms with Crippen LogP contribution in [0.25, 0.3) is 17.4 Å². The highest BCUT2D eigenvalue weighted by molar-refractivity contribution is 5.94. The molecule has 190 valence electrons. The Morgan fingerprint density at radius 3 is 2.62 bits per heavy atom. The van der Waals surface area contributed by atoms with Gasteiger partial charge in [0.1, 0.15) is 6.04 Å². The Hall–Kier alpha value is -4.48. The van der Waals surface area contributed by atoms with Crippen molar-refractivity contribution in [1.82, 2.24) is 34.4 Å². The lowest BCUT2D eigenvalue weighted by Gasteiger charge is -2.41. The van der Waals surface area contributed by atoms with Gasteiger partial charge >= 0.3 is 0 Å². The highest BCUT2D eigenvalue weighted by Crippen LogP contribution is 2.27. The van der Waals surface area contributed by atoms with Crippen LogP contribution < -0.4 is 10.6 Å². The minimum Gasteiger partial charge on any atom is -0.461 e. The number of furan rings is 1. The summed E-state index contributed by atoms with van der Waals surface area (Å²) in [5, 5.41) is 4.34. The van der Waals surface area contributed by atoms with Gasteiger partial charge in [-0.05, 0) is 44.0 Å². The Bertz CT molecular complexity index is 1440. The molecule has 0 unspecified atom stereocenters. The van der Waals surface area contributed by atoms with Gasteiger partial charge in [-0.1, -0.05) is 18.2 Å². The van der Waals surface area contributed by atoms with Crippen LogP contribution in [0.5, 0.6) is 0 Å². The summed E-state index contributed by atoms with van der Waals surface area (Å²) in [6, 6.07) is 12.2. The smallest absolute Gasteiger partial charge is 0.259 e. The van der Waals surface area contributed by atoms with E-state index in [0.717, 1.165) is 6.42 Å². The van der Waals surface area contributed by atoms with E-state index in [9.17, 15) is 9.59 Å². The fraction of sp³-hybridized carbons (Fsp3) is 0.360. The normalized spacial score (nSPS) is 20.1. The molecule has 2 aliphatic rings. The molecule has 1 aromatic carbocycles. The summed E-state index contributed by atoms with van der Waals surface area (Å²) in [7, 11) is 0. The number of carbonyl (C=O) groups excluding carboxylic acids is 2. The number of nitrogen functional groups attached to an aromatic ring is 1. The summed E-state index contributed by atoms with van der Waals surface area (Å²) in [5.74, 6) is 1.62. The van der Waals surface area contributed by atoms with Gasteiger partial charge in [-0.2, -0.15) is 19.5 Å². The number of amides is 2. The maximum atomic E-state index is 13.7. The molecule has 0 bridgehead atoms. The SMILES string of the molecule is C[C@@H]1CN(C(=O)c2ccccc2)CCN1C(=O)[C@@H]1CCCN1c1nc(N)n2nc(-c3ccco3)nc2n1. The summed E-state index contributed by atoms with van der Waals surface area (Å²) in [6.07, 6.45) is 3.06. The van der Waals surface area contributed by atoms with Crippen molar-refractivity contribution in [2.75, 3.05) is 36.8 Å². The van der Waals surface area contributed by atoms with Gasteiger partial charge in [0.05, 0.1) is 6.26 Å². The molecule has 12 heteroatoms. The van der Waals surface area contributed by atoms with Crippen molar-refractivity contribution < 1.29 is 14.0 Å². The molecule has 2 fully saturated rings. The van der Waals surface area contributed by atoms with Crippen LogP contribution in [0.2, 0.25) is 0 Å². The van der Waals surface area contributed by atoms with Crippen molar-refractivity contribution >= 4 is 29.5 Å². The molecule has 2 amide bonds. The molecular weight excluding hydrogens is 474 g/mol. The monoisotopic (exact) mass is 501 g/mol. The Balaban J connectivity index is 1.20. The number of piperazine rings is 1. The molecule has 0 saturated carbocycles. The first kappa shape index (κ1) is 23.0. The van der Waals surface area contributed by atoms with Gasteiger partial charge in [0, 0.05) is 37.8 Å². The van der Waals surface area contributed by atoms with E-state index in [4.69, 9.17) is 10.2 Å². The topological polar surface area (TPSA) is 139 Å². The van der Waals surface area contributed by atoms with Crippen molar-refractivity contribution in [3.63, 3.8) is 0 Å². The second-order valence-corrected chi connectivity index (χ2v) is 9.36. The molecular formula is C25H27N9O3. The summed E-state index contributed by atoms with van der Waals surface area (Å²) >= 11 is 0. The quantitative estimate of drug-likeness (QED) is 0.443. The fourth-order valence-corrected chi connectivity index (χ4v) is 5.12. The van der Waals surface area contributed by atoms with Crippen molar-refractivity contribution in [3.8, 4) is 11.6 Å². The first-order chi connectivity index (χ1) is 18.0. The Kier molecular flexibility index (Phi) is 5.70. The van der Waals surface area contributed by atoms with E-state index in [2.05, 4.69) is 20.1 Å². The number of hydrogen-bond donors (Lipinski definition) is 1. The number of nitrogens with zero attached hydrogens (tertiary/aromatic N) is 8. The molecule has 0 radical (unpaired) electrons. The molecule has 4 aromatic rings. The van der Waals surface area contributed by atoms with Gasteiger partial charge in [-0.3, -0.25) is 9.59 Å². The third-order valence-corrected chi connectivity index (χ3v) is 6.98. The van der Waals surface area contributed by atoms with Crippen LogP contribution >= 0.6 is 0 Å². The van der Waals surface area contributed by atoms with Crippen LogP contribution in [0.15, 0.2) is 53.1 Å². The predicted octanol–water partition coefficient (Wildman–Crippen LogP) is 1.70. The molecule has 12 nitrogen and oxygen atoms in total. The molecule has 0 aliphatic carbocycles. The predicted molar refractivity (Wildman–Crippen MR) is 135 cm³/mol. The number of fused-ring (bicyclic) bond motifs is 1. The summed E-state index contributed by atoms with van der Waals surface area (Å²) < 4.78 is 6.74. The third-order valence-electron chi connectivity index (χ3n) is 6.98. The number of nitrogens with two attached hydrogens (primary N) is 1. The van der Waals surface area contributed by atoms with Crippen molar-refractivity contribution in [2.45, 2.75) is 31.8 Å². The Morgan fingerprint density at radius 1 is 1.03 bits per heavy atom. The van der Waals surface area contributed by atoms with Crippen molar-refractivity contribution in [3.05, 3.63) is 54.3 Å². The number of rotatable bonds is 4. The maximum absolute atomic E-state index is 13.7. The Labute approximate surface area is 212 Å². The summed E-state index contributed by atoms with van der Waals surface area (Å²) in [5.41, 5.74) is 6.85.